The van der Waals surface area contributed by atoms with Crippen molar-refractivity contribution < 1.29 is 51.4 Å². The summed E-state index contributed by atoms with van der Waals surface area (Å²) in [5.74, 6) is -6.35. The average molecular weight is 1370 g/mol. The molecule has 2 amide bonds. The molecule has 492 valence electrons. The van der Waals surface area contributed by atoms with Gasteiger partial charge in [0.25, 0.3) is 0 Å². The van der Waals surface area contributed by atoms with Crippen LogP contribution in [0.3, 0.4) is 0 Å². The number of carboxylic acids is 1. The van der Waals surface area contributed by atoms with E-state index in [1.807, 2.05) is 6.07 Å². The van der Waals surface area contributed by atoms with Gasteiger partial charge >= 0.3 is 17.5 Å². The zero-order chi connectivity index (χ0) is 64.7. The zero-order valence-electron chi connectivity index (χ0n) is 51.0. The van der Waals surface area contributed by atoms with Gasteiger partial charge in [-0.25, -0.2) is 38.5 Å². The van der Waals surface area contributed by atoms with Crippen LogP contribution in [0, 0.1) is 51.0 Å². The first-order valence-electron chi connectivity index (χ1n) is 30.9. The summed E-state index contributed by atoms with van der Waals surface area (Å²) in [6.45, 7) is 9.61. The van der Waals surface area contributed by atoms with Gasteiger partial charge in [-0.05, 0) is 153 Å². The van der Waals surface area contributed by atoms with E-state index in [0.29, 0.717) is 80.2 Å². The van der Waals surface area contributed by atoms with Crippen molar-refractivity contribution in [2.75, 3.05) is 23.8 Å². The van der Waals surface area contributed by atoms with E-state index < -0.39 is 80.6 Å². The monoisotopic (exact) mass is 1370 g/mol. The fourth-order valence-corrected chi connectivity index (χ4v) is 17.6. The van der Waals surface area contributed by atoms with Gasteiger partial charge in [-0.1, -0.05) is 110 Å². The smallest absolute Gasteiger partial charge is 0.434 e. The lowest BCUT2D eigenvalue weighted by molar-refractivity contribution is -0.142. The molecule has 0 unspecified atom stereocenters. The maximum absolute atomic E-state index is 16.2. The summed E-state index contributed by atoms with van der Waals surface area (Å²) in [5.41, 5.74) is 3.70. The molecule has 2 saturated heterocycles. The summed E-state index contributed by atoms with van der Waals surface area (Å²) >= 11 is 24.9. The number of halogens is 7. The standard InChI is InChI=1S/C33H35Cl2FN4O5.C25H25Cl2FN2O3.C7H11N3O3.ClH/c1-31(2)10-12-32(13-11-31)15-19(22(41)14-17-6-8-23(44-16-17)28-39-40-30(43)45-28)25(18-4-3-5-21(34)26(18)36)33(32)20-7-9-24(35)37-27(20)38-29(33)42;1-23(2)8-10-24(11-9-23)12-14(21(31)32)18(13-4-3-5-16(26)19(13)28)25(24)15-6-7-17(27)29-20(15)30-22(25)33;8-4-1-2-5(12-3-4)6-9-10-7(11)13-6;/h3-5,7,9,17,19,23,25H,6,8,10-16H2,1-2H3,(H,40,43)(H,37,38,42);3-7,14,18H,8-12H2,1-2H3,(H,31,32)(H,29,30,33);4-5H,1-3,8H2,(H,10,11);1H/t17-,19-,23-,25-,33+;14-,18+,25-;4-,5+;/m011./s1. The Balaban J connectivity index is 0.000000161. The van der Waals surface area contributed by atoms with Gasteiger partial charge in [-0.2, -0.15) is 0 Å². The van der Waals surface area contributed by atoms with Crippen LogP contribution >= 0.6 is 58.8 Å². The van der Waals surface area contributed by atoms with E-state index in [4.69, 9.17) is 70.4 Å². The first kappa shape index (κ1) is 67.3. The molecular formula is C65H72Cl5F2N9O11. The van der Waals surface area contributed by atoms with Crippen molar-refractivity contribution in [3.63, 3.8) is 0 Å². The van der Waals surface area contributed by atoms with Crippen molar-refractivity contribution in [2.24, 2.45) is 45.1 Å². The Morgan fingerprint density at radius 3 is 1.45 bits per heavy atom. The Labute approximate surface area is 554 Å². The van der Waals surface area contributed by atoms with Gasteiger partial charge in [0, 0.05) is 41.3 Å². The number of rotatable bonds is 8. The summed E-state index contributed by atoms with van der Waals surface area (Å²) in [6, 6.07) is 16.4. The van der Waals surface area contributed by atoms with Crippen molar-refractivity contribution in [1.29, 1.82) is 0 Å². The van der Waals surface area contributed by atoms with Crippen molar-refractivity contribution in [3.8, 4) is 0 Å². The van der Waals surface area contributed by atoms with E-state index in [1.54, 1.807) is 42.5 Å². The highest BCUT2D eigenvalue weighted by Gasteiger charge is 2.75. The highest BCUT2D eigenvalue weighted by molar-refractivity contribution is 6.31. The average Bonchev–Trinajstić information content (AvgIpc) is 1.51. The molecule has 14 rings (SSSR count). The van der Waals surface area contributed by atoms with Crippen molar-refractivity contribution in [2.45, 2.75) is 165 Å². The van der Waals surface area contributed by atoms with Crippen LogP contribution in [0.4, 0.5) is 20.4 Å². The van der Waals surface area contributed by atoms with Gasteiger partial charge in [0.2, 0.25) is 23.6 Å². The third-order valence-corrected chi connectivity index (χ3v) is 22.5. The van der Waals surface area contributed by atoms with Crippen molar-refractivity contribution >= 4 is 94.0 Å². The normalized spacial score (nSPS) is 29.3. The molecule has 4 saturated carbocycles. The topological polar surface area (TPSA) is 301 Å². The molecule has 8 aliphatic rings. The van der Waals surface area contributed by atoms with E-state index in [0.717, 1.165) is 38.5 Å². The lowest BCUT2D eigenvalue weighted by Gasteiger charge is -2.50. The Morgan fingerprint density at radius 1 is 0.609 bits per heavy atom. The SMILES string of the molecule is CC1(C)CCC2(CC1)C[C@@H](C(=O)C[C@@H]1CC[C@@H](c3n[nH]c(=O)o3)OC1)[C@H](c1cccc(Cl)c1F)[C@]21C(=O)Nc2nc(Cl)ccc21.CC1(C)CCC2(CC1)C[C@@H](C(=O)O)[C@H](c1cccc(Cl)c1F)[C@]21C(=O)Nc2nc(Cl)ccc21.Cl.N[C@@H]1CC[C@@H](c2n[nH]c(=O)o2)OC1. The number of amides is 2. The number of nitrogens with one attached hydrogen (secondary N) is 4. The number of benzene rings is 2. The molecule has 4 aliphatic carbocycles. The summed E-state index contributed by atoms with van der Waals surface area (Å²) < 4.78 is 52.8. The molecule has 20 nitrogen and oxygen atoms in total. The highest BCUT2D eigenvalue weighted by atomic mass is 35.5. The largest absolute Gasteiger partial charge is 0.481 e. The van der Waals surface area contributed by atoms with Gasteiger partial charge in [0.05, 0.1) is 40.0 Å². The van der Waals surface area contributed by atoms with Crippen LogP contribution in [0.5, 0.6) is 0 Å². The number of hydrogen-bond donors (Lipinski definition) is 6. The molecule has 0 bridgehead atoms. The van der Waals surface area contributed by atoms with Crippen LogP contribution in [0.15, 0.2) is 79.1 Å². The predicted octanol–water partition coefficient (Wildman–Crippen LogP) is 13.1. The summed E-state index contributed by atoms with van der Waals surface area (Å²) in [4.78, 5) is 86.6. The molecule has 10 atom stereocenters. The van der Waals surface area contributed by atoms with Crippen LogP contribution in [0.2, 0.25) is 20.4 Å². The fourth-order valence-electron chi connectivity index (χ4n) is 17.0. The molecule has 6 aromatic rings. The quantitative estimate of drug-likeness (QED) is 0.0772. The number of nitrogens with two attached hydrogens (primary N) is 1. The zero-order valence-corrected chi connectivity index (χ0v) is 54.8. The first-order valence-corrected chi connectivity index (χ1v) is 32.4. The minimum atomic E-state index is -1.29. The Morgan fingerprint density at radius 2 is 1.04 bits per heavy atom. The number of ether oxygens (including phenoxy) is 2. The van der Waals surface area contributed by atoms with Gasteiger partial charge in [-0.15, -0.1) is 22.6 Å². The Hall–Kier alpha value is -6.11. The number of carboxylic acid groups (broad SMARTS) is 1. The number of pyridine rings is 2. The second-order valence-corrected chi connectivity index (χ2v) is 29.3. The van der Waals surface area contributed by atoms with E-state index in [-0.39, 0.29) is 116 Å². The molecule has 8 heterocycles. The molecule has 4 spiro atoms. The second-order valence-electron chi connectivity index (χ2n) is 27.7. The van der Waals surface area contributed by atoms with Crippen molar-refractivity contribution in [3.05, 3.63) is 148 Å². The molecule has 4 aromatic heterocycles. The molecule has 0 radical (unpaired) electrons. The van der Waals surface area contributed by atoms with Gasteiger partial charge < -0.3 is 39.8 Å². The summed E-state index contributed by atoms with van der Waals surface area (Å²) in [7, 11) is 0. The number of aromatic nitrogens is 6. The van der Waals surface area contributed by atoms with Crippen LogP contribution < -0.4 is 27.9 Å². The van der Waals surface area contributed by atoms with Crippen molar-refractivity contribution in [1.82, 2.24) is 30.4 Å². The summed E-state index contributed by atoms with van der Waals surface area (Å²) in [5, 5.41) is 28.5. The number of hydrogen-bond acceptors (Lipinski definition) is 15. The molecule has 92 heavy (non-hydrogen) atoms. The third kappa shape index (κ3) is 11.7. The molecule has 6 fully saturated rings. The number of nitrogens with zero attached hydrogens (tertiary/aromatic N) is 4. The minimum Gasteiger partial charge on any atom is -0.481 e. The Kier molecular flexibility index (Phi) is 18.7. The maximum Gasteiger partial charge on any atom is 0.434 e. The predicted molar refractivity (Wildman–Crippen MR) is 339 cm³/mol. The molecule has 4 aliphatic heterocycles. The number of aromatic amines is 2. The number of carbonyl (C=O) groups is 4. The van der Waals surface area contributed by atoms with Crippen LogP contribution in [0.1, 0.15) is 182 Å². The van der Waals surface area contributed by atoms with E-state index in [1.165, 1.54) is 12.1 Å². The second kappa shape index (κ2) is 25.6. The lowest BCUT2D eigenvalue weighted by Crippen LogP contribution is -2.52. The van der Waals surface area contributed by atoms with E-state index in [2.05, 4.69) is 68.7 Å². The number of Topliss-reactive ketones (excluding diaryl/α,β-unsaturated/α-hetero) is 1. The van der Waals surface area contributed by atoms with Crippen LogP contribution in [-0.2, 0) is 39.5 Å². The van der Waals surface area contributed by atoms with Crippen LogP contribution in [-0.4, -0.2) is 78.3 Å². The lowest BCUT2D eigenvalue weighted by atomic mass is 9.51. The van der Waals surface area contributed by atoms with Gasteiger partial charge in [0.15, 0.2) is 0 Å². The number of H-pyrrole nitrogens is 2. The van der Waals surface area contributed by atoms with E-state index >= 15 is 8.78 Å². The number of ketones is 1. The molecule has 2 aromatic carbocycles. The molecule has 27 heteroatoms. The van der Waals surface area contributed by atoms with E-state index in [9.17, 15) is 33.9 Å². The molecular weight excluding hydrogens is 1300 g/mol. The minimum absolute atomic E-state index is 0. The number of aliphatic carboxylic acids is 1. The first-order chi connectivity index (χ1) is 43.2. The third-order valence-electron chi connectivity index (χ3n) is 21.5. The number of carbonyl (C=O) groups excluding carboxylic acids is 3. The fraction of sp³-hybridized carbons (Fsp3) is 0.538. The maximum atomic E-state index is 16.2. The number of anilines is 2. The Bertz CT molecular complexity index is 3940. The van der Waals surface area contributed by atoms with Gasteiger partial charge in [-0.3, -0.25) is 19.2 Å². The number of fused-ring (bicyclic) bond motifs is 6. The summed E-state index contributed by atoms with van der Waals surface area (Å²) in [6.07, 6.45) is 9.22. The molecule has 7 N–H and O–H groups in total. The van der Waals surface area contributed by atoms with Gasteiger partial charge in [0.1, 0.15) is 51.6 Å². The highest BCUT2D eigenvalue weighted by Crippen LogP contribution is 2.74. The van der Waals surface area contributed by atoms with Crippen LogP contribution in [0.25, 0.3) is 0 Å².